The zero-order valence-corrected chi connectivity index (χ0v) is 21.5. The smallest absolute Gasteiger partial charge is 0.459 e. The molecular weight excluding hydrogens is 497 g/mol. The zero-order chi connectivity index (χ0) is 25.8. The van der Waals surface area contributed by atoms with Crippen LogP contribution in [-0.2, 0) is 23.4 Å². The maximum atomic E-state index is 13.6. The molecule has 0 aliphatic carbocycles. The fourth-order valence-corrected chi connectivity index (χ4v) is 5.13. The Morgan fingerprint density at radius 2 is 1.97 bits per heavy atom. The summed E-state index contributed by atoms with van der Waals surface area (Å²) in [5.74, 6) is -0.877. The van der Waals surface area contributed by atoms with Crippen molar-refractivity contribution >= 4 is 25.9 Å². The average molecular weight is 528 g/mol. The van der Waals surface area contributed by atoms with Gasteiger partial charge in [-0.1, -0.05) is 37.3 Å². The van der Waals surface area contributed by atoms with Crippen LogP contribution in [0.2, 0.25) is 0 Å². The minimum atomic E-state index is -4.13. The van der Waals surface area contributed by atoms with Crippen molar-refractivity contribution in [3.05, 3.63) is 57.7 Å². The molecule has 1 saturated heterocycles. The molecule has 0 saturated carbocycles. The molecule has 0 radical (unpaired) electrons. The SMILES string of the molecule is CC(C)OC(=O)C(C)NP(=O)(OCC1OC(n2ccc(=S)[nH]c2=O)C(C)C1O)Oc1ccccc1. The van der Waals surface area contributed by atoms with Gasteiger partial charge in [-0.25, -0.2) is 9.36 Å². The number of aliphatic hydroxyl groups is 1. The van der Waals surface area contributed by atoms with Crippen molar-refractivity contribution in [1.82, 2.24) is 14.6 Å². The molecule has 1 fully saturated rings. The molecule has 11 nitrogen and oxygen atoms in total. The number of rotatable bonds is 10. The number of nitrogens with one attached hydrogen (secondary N) is 2. The molecule has 2 aromatic rings. The number of benzene rings is 1. The summed E-state index contributed by atoms with van der Waals surface area (Å²) in [7, 11) is -4.13. The molecule has 3 N–H and O–H groups in total. The van der Waals surface area contributed by atoms with Crippen molar-refractivity contribution in [3.8, 4) is 5.75 Å². The molecule has 13 heteroatoms. The number of aromatic amines is 1. The lowest BCUT2D eigenvalue weighted by atomic mass is 10.0. The number of nitrogens with zero attached hydrogens (tertiary/aromatic N) is 1. The van der Waals surface area contributed by atoms with Gasteiger partial charge in [0.1, 0.15) is 28.8 Å². The molecular formula is C22H30N3O8PS. The van der Waals surface area contributed by atoms with Gasteiger partial charge in [-0.2, -0.15) is 5.09 Å². The Hall–Kier alpha value is -2.34. The first-order valence-electron chi connectivity index (χ1n) is 11.1. The Bertz CT molecular complexity index is 1170. The number of hydrogen-bond acceptors (Lipinski definition) is 9. The topological polar surface area (TPSA) is 141 Å². The third-order valence-corrected chi connectivity index (χ3v) is 7.13. The molecule has 1 aromatic carbocycles. The van der Waals surface area contributed by atoms with Gasteiger partial charge >= 0.3 is 19.4 Å². The number of H-pyrrole nitrogens is 1. The molecule has 3 rings (SSSR count). The Balaban J connectivity index is 1.75. The lowest BCUT2D eigenvalue weighted by molar-refractivity contribution is -0.149. The van der Waals surface area contributed by atoms with Gasteiger partial charge < -0.3 is 19.1 Å². The number of aliphatic hydroxyl groups excluding tert-OH is 1. The Kier molecular flexibility index (Phi) is 9.03. The molecule has 1 aliphatic heterocycles. The average Bonchev–Trinajstić information content (AvgIpc) is 3.06. The largest absolute Gasteiger partial charge is 0.462 e. The molecule has 0 amide bonds. The van der Waals surface area contributed by atoms with E-state index in [1.54, 1.807) is 51.1 Å². The summed E-state index contributed by atoms with van der Waals surface area (Å²) in [5.41, 5.74) is -0.486. The van der Waals surface area contributed by atoms with Gasteiger partial charge in [-0.3, -0.25) is 18.9 Å². The summed E-state index contributed by atoms with van der Waals surface area (Å²) in [6.45, 7) is 6.24. The number of hydrogen-bond donors (Lipinski definition) is 3. The van der Waals surface area contributed by atoms with Crippen LogP contribution in [0.15, 0.2) is 47.4 Å². The summed E-state index contributed by atoms with van der Waals surface area (Å²) >= 11 is 4.96. The van der Waals surface area contributed by atoms with Crippen LogP contribution in [0.25, 0.3) is 0 Å². The number of para-hydroxylation sites is 1. The lowest BCUT2D eigenvalue weighted by Gasteiger charge is -2.25. The van der Waals surface area contributed by atoms with E-state index in [-0.39, 0.29) is 23.1 Å². The first kappa shape index (κ1) is 27.3. The fourth-order valence-electron chi connectivity index (χ4n) is 3.48. The molecule has 6 unspecified atom stereocenters. The molecule has 0 spiro atoms. The van der Waals surface area contributed by atoms with E-state index in [0.717, 1.165) is 0 Å². The van der Waals surface area contributed by atoms with Crippen LogP contribution in [0, 0.1) is 10.6 Å². The van der Waals surface area contributed by atoms with Gasteiger partial charge in [0.2, 0.25) is 0 Å². The number of ether oxygens (including phenoxy) is 2. The van der Waals surface area contributed by atoms with Gasteiger partial charge in [-0.05, 0) is 39.0 Å². The van der Waals surface area contributed by atoms with E-state index in [0.29, 0.717) is 0 Å². The quantitative estimate of drug-likeness (QED) is 0.240. The van der Waals surface area contributed by atoms with E-state index in [2.05, 4.69) is 10.1 Å². The second kappa shape index (κ2) is 11.6. The molecule has 0 bridgehead atoms. The normalized spacial score (nSPS) is 24.6. The maximum Gasteiger partial charge on any atom is 0.459 e. The van der Waals surface area contributed by atoms with Gasteiger partial charge in [0.05, 0.1) is 18.8 Å². The van der Waals surface area contributed by atoms with Crippen LogP contribution in [-0.4, -0.2) is 51.6 Å². The molecule has 6 atom stereocenters. The number of carbonyl (C=O) groups excluding carboxylic acids is 1. The molecule has 1 aliphatic rings. The van der Waals surface area contributed by atoms with Crippen LogP contribution in [0.1, 0.15) is 33.9 Å². The van der Waals surface area contributed by atoms with E-state index in [9.17, 15) is 19.3 Å². The Morgan fingerprint density at radius 1 is 1.29 bits per heavy atom. The van der Waals surface area contributed by atoms with Gasteiger partial charge in [-0.15, -0.1) is 0 Å². The second-order valence-electron chi connectivity index (χ2n) is 8.47. The highest BCUT2D eigenvalue weighted by Crippen LogP contribution is 2.46. The predicted molar refractivity (Wildman–Crippen MR) is 129 cm³/mol. The third kappa shape index (κ3) is 7.09. The van der Waals surface area contributed by atoms with Gasteiger partial charge in [0.25, 0.3) is 0 Å². The highest BCUT2D eigenvalue weighted by Gasteiger charge is 2.44. The first-order valence-corrected chi connectivity index (χ1v) is 13.1. The monoisotopic (exact) mass is 527 g/mol. The lowest BCUT2D eigenvalue weighted by Crippen LogP contribution is -2.37. The highest BCUT2D eigenvalue weighted by atomic mass is 32.1. The van der Waals surface area contributed by atoms with Crippen molar-refractivity contribution in [2.75, 3.05) is 6.61 Å². The van der Waals surface area contributed by atoms with Gasteiger partial charge in [0.15, 0.2) is 0 Å². The molecule has 2 heterocycles. The van der Waals surface area contributed by atoms with E-state index < -0.39 is 49.8 Å². The number of carbonyl (C=O) groups is 1. The van der Waals surface area contributed by atoms with E-state index >= 15 is 0 Å². The molecule has 35 heavy (non-hydrogen) atoms. The first-order chi connectivity index (χ1) is 16.5. The van der Waals surface area contributed by atoms with Crippen LogP contribution in [0.3, 0.4) is 0 Å². The highest BCUT2D eigenvalue weighted by molar-refractivity contribution is 7.71. The van der Waals surface area contributed by atoms with Crippen molar-refractivity contribution in [1.29, 1.82) is 0 Å². The van der Waals surface area contributed by atoms with Gasteiger partial charge in [0, 0.05) is 12.1 Å². The fraction of sp³-hybridized carbons (Fsp3) is 0.500. The third-order valence-electron chi connectivity index (χ3n) is 5.24. The summed E-state index contributed by atoms with van der Waals surface area (Å²) in [4.78, 5) is 27.1. The van der Waals surface area contributed by atoms with Crippen molar-refractivity contribution in [2.24, 2.45) is 5.92 Å². The number of esters is 1. The summed E-state index contributed by atoms with van der Waals surface area (Å²) in [6, 6.07) is 8.83. The Morgan fingerprint density at radius 3 is 2.60 bits per heavy atom. The van der Waals surface area contributed by atoms with Crippen LogP contribution in [0.5, 0.6) is 5.75 Å². The Labute approximate surface area is 208 Å². The summed E-state index contributed by atoms with van der Waals surface area (Å²) in [6.07, 6.45) is -1.66. The van der Waals surface area contributed by atoms with E-state index in [1.165, 1.54) is 23.8 Å². The second-order valence-corrected chi connectivity index (χ2v) is 10.6. The summed E-state index contributed by atoms with van der Waals surface area (Å²) in [5, 5.41) is 13.3. The van der Waals surface area contributed by atoms with Crippen LogP contribution in [0.4, 0.5) is 0 Å². The van der Waals surface area contributed by atoms with Crippen molar-refractivity contribution in [3.63, 3.8) is 0 Å². The summed E-state index contributed by atoms with van der Waals surface area (Å²) < 4.78 is 37.4. The maximum absolute atomic E-state index is 13.6. The standard InChI is InChI=1S/C22H30N3O8PS/c1-13(2)31-21(27)15(4)24-34(29,33-16-8-6-5-7-9-16)30-12-17-19(26)14(3)20(32-17)25-11-10-18(35)23-22(25)28/h5-11,13-15,17,19-20,26H,12H2,1-4H3,(H,24,29)(H,23,28,35). The van der Waals surface area contributed by atoms with Crippen molar-refractivity contribution < 1.29 is 33.0 Å². The van der Waals surface area contributed by atoms with E-state index in [4.69, 9.17) is 30.7 Å². The van der Waals surface area contributed by atoms with E-state index in [1.807, 2.05) is 0 Å². The van der Waals surface area contributed by atoms with Crippen LogP contribution < -0.4 is 15.3 Å². The minimum absolute atomic E-state index is 0.248. The van der Waals surface area contributed by atoms with Crippen molar-refractivity contribution in [2.45, 2.75) is 58.3 Å². The molecule has 1 aromatic heterocycles. The predicted octanol–water partition coefficient (Wildman–Crippen LogP) is 2.93. The van der Waals surface area contributed by atoms with Crippen LogP contribution >= 0.6 is 20.0 Å². The minimum Gasteiger partial charge on any atom is -0.462 e. The molecule has 192 valence electrons. The number of aromatic nitrogens is 2. The zero-order valence-electron chi connectivity index (χ0n) is 19.8.